The molecule has 36 heavy (non-hydrogen) atoms. The average molecular weight is 531 g/mol. The van der Waals surface area contributed by atoms with Gasteiger partial charge in [0.25, 0.3) is 5.91 Å². The third-order valence-electron chi connectivity index (χ3n) is 8.02. The van der Waals surface area contributed by atoms with Gasteiger partial charge in [0, 0.05) is 11.3 Å². The number of halogens is 1. The van der Waals surface area contributed by atoms with Gasteiger partial charge in [0.05, 0.1) is 39.9 Å². The van der Waals surface area contributed by atoms with E-state index >= 15 is 0 Å². The number of esters is 1. The minimum absolute atomic E-state index is 0.109. The van der Waals surface area contributed by atoms with Gasteiger partial charge in [0.15, 0.2) is 0 Å². The van der Waals surface area contributed by atoms with E-state index in [0.29, 0.717) is 10.7 Å². The van der Waals surface area contributed by atoms with E-state index in [9.17, 15) is 19.5 Å². The van der Waals surface area contributed by atoms with Crippen molar-refractivity contribution in [2.75, 3.05) is 24.7 Å². The van der Waals surface area contributed by atoms with Crippen molar-refractivity contribution in [3.8, 4) is 0 Å². The van der Waals surface area contributed by atoms with E-state index in [2.05, 4.69) is 0 Å². The SMILES string of the molecule is Cc1cccc(Cl)c1N1CC=C[C@]23S[C@]4(C)C=CCOC(=O)[C@@H]4[C@H]2C(=O)N([C@@H](CO)C(C)C)C3C1=O. The Balaban J connectivity index is 1.72. The number of fused-ring (bicyclic) bond motifs is 2. The van der Waals surface area contributed by atoms with Crippen LogP contribution in [0.2, 0.25) is 5.02 Å². The highest BCUT2D eigenvalue weighted by atomic mass is 35.5. The minimum Gasteiger partial charge on any atom is -0.461 e. The van der Waals surface area contributed by atoms with Crippen molar-refractivity contribution in [2.24, 2.45) is 17.8 Å². The molecule has 4 aliphatic heterocycles. The van der Waals surface area contributed by atoms with Crippen LogP contribution in [-0.4, -0.2) is 69.1 Å². The third-order valence-corrected chi connectivity index (χ3v) is 10.1. The first-order valence-corrected chi connectivity index (χ1v) is 13.5. The average Bonchev–Trinajstić information content (AvgIpc) is 3.07. The van der Waals surface area contributed by atoms with Crippen LogP contribution in [0.15, 0.2) is 42.5 Å². The third kappa shape index (κ3) is 3.48. The Labute approximate surface area is 220 Å². The van der Waals surface area contributed by atoms with Gasteiger partial charge < -0.3 is 19.6 Å². The first-order chi connectivity index (χ1) is 17.1. The number of aliphatic hydroxyl groups is 1. The van der Waals surface area contributed by atoms with Gasteiger partial charge in [0.2, 0.25) is 5.91 Å². The molecule has 0 saturated carbocycles. The topological polar surface area (TPSA) is 87.2 Å². The van der Waals surface area contributed by atoms with Gasteiger partial charge in [-0.25, -0.2) is 0 Å². The molecule has 1 N–H and O–H groups in total. The molecule has 0 aliphatic carbocycles. The number of ether oxygens (including phenoxy) is 1. The number of anilines is 1. The van der Waals surface area contributed by atoms with Crippen LogP contribution in [0.25, 0.3) is 0 Å². The number of nitrogens with zero attached hydrogens (tertiary/aromatic N) is 2. The van der Waals surface area contributed by atoms with E-state index in [4.69, 9.17) is 16.3 Å². The summed E-state index contributed by atoms with van der Waals surface area (Å²) in [5.74, 6) is -2.65. The van der Waals surface area contributed by atoms with Crippen LogP contribution in [0.4, 0.5) is 5.69 Å². The van der Waals surface area contributed by atoms with Crippen LogP contribution in [0, 0.1) is 24.7 Å². The number of amides is 2. The number of benzene rings is 1. The van der Waals surface area contributed by atoms with E-state index in [1.165, 1.54) is 11.8 Å². The highest BCUT2D eigenvalue weighted by molar-refractivity contribution is 8.02. The van der Waals surface area contributed by atoms with Gasteiger partial charge in [-0.1, -0.05) is 55.8 Å². The number of hydrogen-bond donors (Lipinski definition) is 1. The van der Waals surface area contributed by atoms with Gasteiger partial charge in [0.1, 0.15) is 12.6 Å². The summed E-state index contributed by atoms with van der Waals surface area (Å²) in [5.41, 5.74) is 1.45. The lowest BCUT2D eigenvalue weighted by atomic mass is 9.75. The zero-order valence-electron chi connectivity index (χ0n) is 20.8. The summed E-state index contributed by atoms with van der Waals surface area (Å²) < 4.78 is 3.75. The quantitative estimate of drug-likeness (QED) is 0.474. The number of aryl methyl sites for hydroxylation is 1. The van der Waals surface area contributed by atoms with Crippen molar-refractivity contribution in [3.63, 3.8) is 0 Å². The Kier molecular flexibility index (Phi) is 6.29. The van der Waals surface area contributed by atoms with Crippen LogP contribution in [0.3, 0.4) is 0 Å². The molecule has 1 spiro atoms. The predicted molar refractivity (Wildman–Crippen MR) is 140 cm³/mol. The van der Waals surface area contributed by atoms with Crippen LogP contribution in [0.5, 0.6) is 0 Å². The van der Waals surface area contributed by atoms with Crippen molar-refractivity contribution in [3.05, 3.63) is 53.1 Å². The van der Waals surface area contributed by atoms with Crippen molar-refractivity contribution >= 4 is 46.8 Å². The normalized spacial score (nSPS) is 34.3. The fourth-order valence-electron chi connectivity index (χ4n) is 6.44. The molecule has 9 heteroatoms. The summed E-state index contributed by atoms with van der Waals surface area (Å²) in [6.07, 6.45) is 7.61. The molecule has 0 aromatic heterocycles. The van der Waals surface area contributed by atoms with E-state index in [1.54, 1.807) is 15.9 Å². The Morgan fingerprint density at radius 2 is 1.92 bits per heavy atom. The highest BCUT2D eigenvalue weighted by Crippen LogP contribution is 2.66. The number of para-hydroxylation sites is 1. The van der Waals surface area contributed by atoms with Crippen molar-refractivity contribution in [1.29, 1.82) is 0 Å². The highest BCUT2D eigenvalue weighted by Gasteiger charge is 2.74. The molecule has 4 aliphatic rings. The molecule has 1 aromatic rings. The Hall–Kier alpha value is -2.29. The van der Waals surface area contributed by atoms with Crippen LogP contribution >= 0.6 is 23.4 Å². The zero-order valence-corrected chi connectivity index (χ0v) is 22.4. The molecule has 2 amide bonds. The fraction of sp³-hybridized carbons (Fsp3) is 0.519. The second-order valence-electron chi connectivity index (χ2n) is 10.5. The second kappa shape index (κ2) is 8.92. The lowest BCUT2D eigenvalue weighted by molar-refractivity contribution is -0.153. The predicted octanol–water partition coefficient (Wildman–Crippen LogP) is 3.37. The first kappa shape index (κ1) is 25.4. The minimum atomic E-state index is -0.999. The van der Waals surface area contributed by atoms with Gasteiger partial charge in [-0.05, 0) is 37.5 Å². The summed E-state index contributed by atoms with van der Waals surface area (Å²) in [6.45, 7) is 7.83. The van der Waals surface area contributed by atoms with Crippen LogP contribution < -0.4 is 4.90 Å². The van der Waals surface area contributed by atoms with Crippen LogP contribution in [-0.2, 0) is 19.1 Å². The Morgan fingerprint density at radius 3 is 2.58 bits per heavy atom. The molecular weight excluding hydrogens is 500 g/mol. The monoisotopic (exact) mass is 530 g/mol. The molecule has 2 saturated heterocycles. The Morgan fingerprint density at radius 1 is 1.17 bits per heavy atom. The maximum atomic E-state index is 14.5. The summed E-state index contributed by atoms with van der Waals surface area (Å²) >= 11 is 8.07. The first-order valence-electron chi connectivity index (χ1n) is 12.3. The standard InChI is InChI=1S/C27H31ClN2O5S/c1-15(2)18(14-31)30-22-24(33)29(21-16(3)8-5-9-17(21)28)12-6-11-27(22)19(23(30)32)20-25(34)35-13-7-10-26(20,4)36-27/h5-11,15,18-20,22,31H,12-14H2,1-4H3/t18-,19-,20-,22?,26+,27-/m0/s1. The number of likely N-dealkylation sites (tertiary alicyclic amines) is 1. The number of carbonyl (C=O) groups excluding carboxylic acids is 3. The van der Waals surface area contributed by atoms with Crippen molar-refractivity contribution in [2.45, 2.75) is 49.3 Å². The second-order valence-corrected chi connectivity index (χ2v) is 12.7. The molecule has 1 unspecified atom stereocenters. The number of aliphatic hydroxyl groups excluding tert-OH is 1. The number of carbonyl (C=O) groups is 3. The zero-order chi connectivity index (χ0) is 26.0. The van der Waals surface area contributed by atoms with Crippen molar-refractivity contribution in [1.82, 2.24) is 4.90 Å². The lowest BCUT2D eigenvalue weighted by Gasteiger charge is -2.41. The molecule has 4 heterocycles. The molecule has 192 valence electrons. The summed E-state index contributed by atoms with van der Waals surface area (Å²) in [6, 6.07) is 3.98. The molecular formula is C27H31ClN2O5S. The fourth-order valence-corrected chi connectivity index (χ4v) is 8.90. The van der Waals surface area contributed by atoms with E-state index in [1.807, 2.05) is 64.1 Å². The molecule has 5 rings (SSSR count). The van der Waals surface area contributed by atoms with E-state index in [0.717, 1.165) is 5.56 Å². The van der Waals surface area contributed by atoms with Gasteiger partial charge in [-0.3, -0.25) is 14.4 Å². The summed E-state index contributed by atoms with van der Waals surface area (Å²) in [4.78, 5) is 45.3. The molecule has 2 fully saturated rings. The van der Waals surface area contributed by atoms with E-state index < -0.39 is 39.4 Å². The lowest BCUT2D eigenvalue weighted by Crippen LogP contribution is -2.58. The molecule has 0 radical (unpaired) electrons. The Bertz CT molecular complexity index is 1160. The molecule has 1 aromatic carbocycles. The summed E-state index contributed by atoms with van der Waals surface area (Å²) in [7, 11) is 0. The van der Waals surface area contributed by atoms with Gasteiger partial charge in [-0.2, -0.15) is 0 Å². The van der Waals surface area contributed by atoms with Crippen molar-refractivity contribution < 1.29 is 24.2 Å². The maximum absolute atomic E-state index is 14.5. The number of thioether (sulfide) groups is 1. The smallest absolute Gasteiger partial charge is 0.311 e. The van der Waals surface area contributed by atoms with E-state index in [-0.39, 0.29) is 37.5 Å². The molecule has 6 atom stereocenters. The largest absolute Gasteiger partial charge is 0.461 e. The van der Waals surface area contributed by atoms with Gasteiger partial charge in [-0.15, -0.1) is 11.8 Å². The van der Waals surface area contributed by atoms with Crippen LogP contribution in [0.1, 0.15) is 26.3 Å². The maximum Gasteiger partial charge on any atom is 0.311 e. The van der Waals surface area contributed by atoms with Gasteiger partial charge >= 0.3 is 5.97 Å². The molecule has 0 bridgehead atoms. The molecule has 7 nitrogen and oxygen atoms in total. The number of rotatable bonds is 4. The summed E-state index contributed by atoms with van der Waals surface area (Å²) in [5, 5.41) is 10.8. The number of hydrogen-bond acceptors (Lipinski definition) is 6. The number of cyclic esters (lactones) is 1.